The van der Waals surface area contributed by atoms with E-state index >= 15 is 0 Å². The third kappa shape index (κ3) is 2.55. The Kier molecular flexibility index (Phi) is 4.26. The number of carbonyl (C=O) groups excluding carboxylic acids is 2. The SMILES string of the molecule is CCOC(=O)C1(C(=O)OCC)CCc2nc3ccc4ccccc4c3nc21. The molecule has 0 saturated carbocycles. The summed E-state index contributed by atoms with van der Waals surface area (Å²) in [5.74, 6) is -1.23. The van der Waals surface area contributed by atoms with Crippen LogP contribution in [0.5, 0.6) is 0 Å². The minimum absolute atomic E-state index is 0.180. The van der Waals surface area contributed by atoms with E-state index in [-0.39, 0.29) is 19.6 Å². The summed E-state index contributed by atoms with van der Waals surface area (Å²) in [6.07, 6.45) is 0.733. The lowest BCUT2D eigenvalue weighted by atomic mass is 9.85. The van der Waals surface area contributed by atoms with Crippen LogP contribution in [-0.4, -0.2) is 35.1 Å². The minimum atomic E-state index is -1.54. The number of benzene rings is 2. The number of nitrogens with zero attached hydrogens (tertiary/aromatic N) is 2. The molecule has 1 heterocycles. The molecule has 0 atom stereocenters. The second-order valence-electron chi connectivity index (χ2n) is 6.52. The second kappa shape index (κ2) is 6.61. The van der Waals surface area contributed by atoms with Crippen molar-refractivity contribution in [3.8, 4) is 0 Å². The highest BCUT2D eigenvalue weighted by Crippen LogP contribution is 2.41. The van der Waals surface area contributed by atoms with E-state index in [4.69, 9.17) is 19.4 Å². The van der Waals surface area contributed by atoms with E-state index in [1.165, 1.54) is 0 Å². The average Bonchev–Trinajstić information content (AvgIpc) is 3.06. The first-order valence-electron chi connectivity index (χ1n) is 9.15. The van der Waals surface area contributed by atoms with E-state index in [1.54, 1.807) is 13.8 Å². The molecule has 0 bridgehead atoms. The van der Waals surface area contributed by atoms with Crippen molar-refractivity contribution in [1.29, 1.82) is 0 Å². The van der Waals surface area contributed by atoms with Crippen molar-refractivity contribution in [1.82, 2.24) is 9.97 Å². The lowest BCUT2D eigenvalue weighted by molar-refractivity contribution is -0.165. The molecule has 27 heavy (non-hydrogen) atoms. The Labute approximate surface area is 156 Å². The molecule has 6 nitrogen and oxygen atoms in total. The lowest BCUT2D eigenvalue weighted by Gasteiger charge is -2.24. The highest BCUT2D eigenvalue weighted by molar-refractivity contribution is 6.08. The molecule has 0 fully saturated rings. The van der Waals surface area contributed by atoms with Gasteiger partial charge < -0.3 is 9.47 Å². The highest BCUT2D eigenvalue weighted by atomic mass is 16.6. The van der Waals surface area contributed by atoms with Crippen molar-refractivity contribution in [2.45, 2.75) is 32.1 Å². The van der Waals surface area contributed by atoms with Gasteiger partial charge in [0.2, 0.25) is 5.41 Å². The topological polar surface area (TPSA) is 78.4 Å². The third-order valence-electron chi connectivity index (χ3n) is 5.02. The maximum absolute atomic E-state index is 12.9. The fraction of sp³-hybridized carbons (Fsp3) is 0.333. The van der Waals surface area contributed by atoms with Crippen LogP contribution in [0.25, 0.3) is 21.8 Å². The molecule has 0 unspecified atom stereocenters. The summed E-state index contributed by atoms with van der Waals surface area (Å²) in [7, 11) is 0. The van der Waals surface area contributed by atoms with E-state index in [0.717, 1.165) is 16.3 Å². The van der Waals surface area contributed by atoms with Gasteiger partial charge in [-0.15, -0.1) is 0 Å². The number of hydrogen-bond donors (Lipinski definition) is 0. The van der Waals surface area contributed by atoms with Crippen LogP contribution in [0.2, 0.25) is 0 Å². The van der Waals surface area contributed by atoms with Gasteiger partial charge in [-0.1, -0.05) is 30.3 Å². The molecule has 0 aliphatic heterocycles. The number of rotatable bonds is 4. The van der Waals surface area contributed by atoms with Crippen LogP contribution in [0.4, 0.5) is 0 Å². The molecular weight excluding hydrogens is 344 g/mol. The molecule has 2 aromatic carbocycles. The summed E-state index contributed by atoms with van der Waals surface area (Å²) < 4.78 is 10.5. The summed E-state index contributed by atoms with van der Waals surface area (Å²) in [6, 6.07) is 11.8. The fourth-order valence-electron chi connectivity index (χ4n) is 3.76. The van der Waals surface area contributed by atoms with Crippen molar-refractivity contribution < 1.29 is 19.1 Å². The number of aryl methyl sites for hydroxylation is 1. The third-order valence-corrected chi connectivity index (χ3v) is 5.02. The highest BCUT2D eigenvalue weighted by Gasteiger charge is 2.56. The predicted octanol–water partition coefficient (Wildman–Crippen LogP) is 3.09. The quantitative estimate of drug-likeness (QED) is 0.402. The van der Waals surface area contributed by atoms with Gasteiger partial charge in [0.05, 0.1) is 35.6 Å². The monoisotopic (exact) mass is 364 g/mol. The maximum Gasteiger partial charge on any atom is 0.329 e. The Morgan fingerprint density at radius 3 is 2.41 bits per heavy atom. The molecule has 6 heteroatoms. The van der Waals surface area contributed by atoms with Gasteiger partial charge in [0, 0.05) is 5.39 Å². The van der Waals surface area contributed by atoms with Crippen LogP contribution in [0.1, 0.15) is 31.7 Å². The normalized spacial score (nSPS) is 14.9. The molecular formula is C21H20N2O4. The Bertz CT molecular complexity index is 1040. The molecule has 4 rings (SSSR count). The molecule has 138 valence electrons. The Hall–Kier alpha value is -3.02. The minimum Gasteiger partial charge on any atom is -0.465 e. The van der Waals surface area contributed by atoms with Crippen molar-refractivity contribution in [3.05, 3.63) is 47.8 Å². The summed E-state index contributed by atoms with van der Waals surface area (Å²) in [5.41, 5.74) is 0.893. The molecule has 1 aliphatic carbocycles. The van der Waals surface area contributed by atoms with Crippen molar-refractivity contribution in [2.75, 3.05) is 13.2 Å². The summed E-state index contributed by atoms with van der Waals surface area (Å²) in [4.78, 5) is 35.2. The van der Waals surface area contributed by atoms with E-state index in [1.807, 2.05) is 36.4 Å². The van der Waals surface area contributed by atoms with Crippen LogP contribution in [0.15, 0.2) is 36.4 Å². The molecule has 0 spiro atoms. The predicted molar refractivity (Wildman–Crippen MR) is 100 cm³/mol. The van der Waals surface area contributed by atoms with Crippen LogP contribution in [-0.2, 0) is 30.9 Å². The first-order chi connectivity index (χ1) is 13.1. The molecule has 0 N–H and O–H groups in total. The zero-order valence-corrected chi connectivity index (χ0v) is 15.3. The second-order valence-corrected chi connectivity index (χ2v) is 6.52. The van der Waals surface area contributed by atoms with Crippen LogP contribution in [0.3, 0.4) is 0 Å². The fourth-order valence-corrected chi connectivity index (χ4v) is 3.76. The van der Waals surface area contributed by atoms with Crippen molar-refractivity contribution in [3.63, 3.8) is 0 Å². The van der Waals surface area contributed by atoms with E-state index < -0.39 is 17.4 Å². The van der Waals surface area contributed by atoms with Gasteiger partial charge in [-0.3, -0.25) is 9.59 Å². The number of hydrogen-bond acceptors (Lipinski definition) is 6. The van der Waals surface area contributed by atoms with Crippen molar-refractivity contribution in [2.24, 2.45) is 0 Å². The first kappa shape index (κ1) is 17.4. The average molecular weight is 364 g/mol. The molecule has 0 saturated heterocycles. The zero-order valence-electron chi connectivity index (χ0n) is 15.3. The number of ether oxygens (including phenoxy) is 2. The Morgan fingerprint density at radius 2 is 1.70 bits per heavy atom. The van der Waals surface area contributed by atoms with E-state index in [0.29, 0.717) is 23.3 Å². The van der Waals surface area contributed by atoms with Gasteiger partial charge in [-0.2, -0.15) is 0 Å². The van der Waals surface area contributed by atoms with E-state index in [2.05, 4.69) is 0 Å². The molecule has 1 aromatic heterocycles. The molecule has 1 aliphatic rings. The van der Waals surface area contributed by atoms with Crippen LogP contribution in [0, 0.1) is 0 Å². The molecule has 3 aromatic rings. The number of aromatic nitrogens is 2. The first-order valence-corrected chi connectivity index (χ1v) is 9.15. The maximum atomic E-state index is 12.9. The number of esters is 2. The summed E-state index contributed by atoms with van der Waals surface area (Å²) in [6.45, 7) is 3.79. The molecule has 0 radical (unpaired) electrons. The molecule has 0 amide bonds. The van der Waals surface area contributed by atoms with Gasteiger partial charge in [0.15, 0.2) is 0 Å². The smallest absolute Gasteiger partial charge is 0.329 e. The summed E-state index contributed by atoms with van der Waals surface area (Å²) in [5, 5.41) is 1.95. The lowest BCUT2D eigenvalue weighted by Crippen LogP contribution is -2.45. The van der Waals surface area contributed by atoms with Crippen LogP contribution >= 0.6 is 0 Å². The van der Waals surface area contributed by atoms with Gasteiger partial charge >= 0.3 is 11.9 Å². The van der Waals surface area contributed by atoms with Crippen LogP contribution < -0.4 is 0 Å². The summed E-state index contributed by atoms with van der Waals surface area (Å²) >= 11 is 0. The van der Waals surface area contributed by atoms with Gasteiger partial charge in [-0.05, 0) is 38.1 Å². The standard InChI is InChI=1S/C21H20N2O4/c1-3-26-19(24)21(20(25)27-4-2)12-11-16-18(21)23-17-14-8-6-5-7-13(14)9-10-15(17)22-16/h5-10H,3-4,11-12H2,1-2H3. The number of carbonyl (C=O) groups is 2. The van der Waals surface area contributed by atoms with Crippen molar-refractivity contribution >= 4 is 33.7 Å². The van der Waals surface area contributed by atoms with Gasteiger partial charge in [-0.25, -0.2) is 9.97 Å². The largest absolute Gasteiger partial charge is 0.465 e. The Morgan fingerprint density at radius 1 is 1.00 bits per heavy atom. The van der Waals surface area contributed by atoms with E-state index in [9.17, 15) is 9.59 Å². The van der Waals surface area contributed by atoms with Gasteiger partial charge in [0.25, 0.3) is 0 Å². The number of fused-ring (bicyclic) bond motifs is 4. The zero-order chi connectivity index (χ0) is 19.0. The Balaban J connectivity index is 1.99. The van der Waals surface area contributed by atoms with Gasteiger partial charge in [0.1, 0.15) is 0 Å².